The summed E-state index contributed by atoms with van der Waals surface area (Å²) in [7, 11) is 0. The lowest BCUT2D eigenvalue weighted by atomic mass is 10.1. The van der Waals surface area contributed by atoms with Gasteiger partial charge in [0.1, 0.15) is 0 Å². The van der Waals surface area contributed by atoms with Crippen LogP contribution >= 0.6 is 0 Å². The summed E-state index contributed by atoms with van der Waals surface area (Å²) in [6.45, 7) is 11.0. The van der Waals surface area contributed by atoms with E-state index in [2.05, 4.69) is 27.7 Å². The van der Waals surface area contributed by atoms with Gasteiger partial charge in [-0.3, -0.25) is 0 Å². The first-order valence-corrected chi connectivity index (χ1v) is 5.67. The highest BCUT2D eigenvalue weighted by molar-refractivity contribution is 4.86. The Morgan fingerprint density at radius 1 is 1.08 bits per heavy atom. The molecule has 1 aliphatic carbocycles. The molecular weight excluding hydrogens is 160 g/mol. The molecule has 0 aromatic heterocycles. The number of ether oxygens (including phenoxy) is 1. The zero-order valence-electron chi connectivity index (χ0n) is 9.55. The molecule has 0 saturated heterocycles. The van der Waals surface area contributed by atoms with Gasteiger partial charge in [0.05, 0.1) is 0 Å². The molecule has 0 aromatic rings. The van der Waals surface area contributed by atoms with E-state index in [1.54, 1.807) is 0 Å². The molecule has 1 fully saturated rings. The van der Waals surface area contributed by atoms with Crippen molar-refractivity contribution in [3.8, 4) is 0 Å². The Bertz CT molecular complexity index is 140. The van der Waals surface area contributed by atoms with Gasteiger partial charge in [-0.2, -0.15) is 0 Å². The third-order valence-corrected chi connectivity index (χ3v) is 2.63. The Kier molecular flexibility index (Phi) is 4.24. The fourth-order valence-electron chi connectivity index (χ4n) is 1.86. The predicted molar refractivity (Wildman–Crippen MR) is 56.7 cm³/mol. The second-order valence-corrected chi connectivity index (χ2v) is 5.32. The Morgan fingerprint density at radius 2 is 1.77 bits per heavy atom. The minimum Gasteiger partial charge on any atom is -0.381 e. The molecule has 1 rings (SSSR count). The van der Waals surface area contributed by atoms with Crippen molar-refractivity contribution in [3.05, 3.63) is 0 Å². The van der Waals surface area contributed by atoms with Crippen molar-refractivity contribution in [3.63, 3.8) is 0 Å². The van der Waals surface area contributed by atoms with Crippen LogP contribution in [0.4, 0.5) is 0 Å². The van der Waals surface area contributed by atoms with Crippen molar-refractivity contribution in [2.75, 3.05) is 13.2 Å². The third kappa shape index (κ3) is 4.66. The second kappa shape index (κ2) is 4.99. The highest BCUT2D eigenvalue weighted by atomic mass is 16.5. The number of rotatable bonds is 6. The predicted octanol–water partition coefficient (Wildman–Crippen LogP) is 3.34. The number of hydrogen-bond acceptors (Lipinski definition) is 1. The smallest absolute Gasteiger partial charge is 0.0497 e. The van der Waals surface area contributed by atoms with Crippen LogP contribution in [0.5, 0.6) is 0 Å². The Labute approximate surface area is 82.9 Å². The van der Waals surface area contributed by atoms with E-state index in [9.17, 15) is 0 Å². The van der Waals surface area contributed by atoms with E-state index >= 15 is 0 Å². The molecule has 2 atom stereocenters. The summed E-state index contributed by atoms with van der Waals surface area (Å²) in [5.41, 5.74) is 0. The SMILES string of the molecule is CC(C)COC[C@@H]1C[C@H]1CC(C)C. The maximum absolute atomic E-state index is 5.63. The molecule has 1 nitrogen and oxygen atoms in total. The average Bonchev–Trinajstić information content (AvgIpc) is 2.65. The molecule has 13 heavy (non-hydrogen) atoms. The fourth-order valence-corrected chi connectivity index (χ4v) is 1.86. The van der Waals surface area contributed by atoms with Gasteiger partial charge in [-0.05, 0) is 36.5 Å². The second-order valence-electron chi connectivity index (χ2n) is 5.32. The summed E-state index contributed by atoms with van der Waals surface area (Å²) < 4.78 is 5.63. The van der Waals surface area contributed by atoms with Gasteiger partial charge in [0, 0.05) is 13.2 Å². The molecule has 0 unspecified atom stereocenters. The first-order valence-electron chi connectivity index (χ1n) is 5.67. The molecule has 1 heteroatoms. The molecule has 1 aliphatic rings. The fraction of sp³-hybridized carbons (Fsp3) is 1.00. The van der Waals surface area contributed by atoms with Gasteiger partial charge in [0.15, 0.2) is 0 Å². The van der Waals surface area contributed by atoms with Crippen molar-refractivity contribution in [2.45, 2.75) is 40.5 Å². The van der Waals surface area contributed by atoms with Crippen molar-refractivity contribution in [2.24, 2.45) is 23.7 Å². The first kappa shape index (κ1) is 11.0. The highest BCUT2D eigenvalue weighted by Crippen LogP contribution is 2.43. The summed E-state index contributed by atoms with van der Waals surface area (Å²) in [6, 6.07) is 0. The van der Waals surface area contributed by atoms with Gasteiger partial charge in [0.2, 0.25) is 0 Å². The molecule has 0 N–H and O–H groups in total. The van der Waals surface area contributed by atoms with Crippen molar-refractivity contribution >= 4 is 0 Å². The van der Waals surface area contributed by atoms with E-state index < -0.39 is 0 Å². The molecule has 0 spiro atoms. The topological polar surface area (TPSA) is 9.23 Å². The Morgan fingerprint density at radius 3 is 2.31 bits per heavy atom. The van der Waals surface area contributed by atoms with Gasteiger partial charge in [-0.25, -0.2) is 0 Å². The molecule has 0 heterocycles. The van der Waals surface area contributed by atoms with Gasteiger partial charge >= 0.3 is 0 Å². The lowest BCUT2D eigenvalue weighted by Gasteiger charge is -2.07. The molecular formula is C12H24O. The zero-order chi connectivity index (χ0) is 9.84. The van der Waals surface area contributed by atoms with E-state index in [1.165, 1.54) is 12.8 Å². The number of hydrogen-bond donors (Lipinski definition) is 0. The van der Waals surface area contributed by atoms with Crippen LogP contribution in [0.15, 0.2) is 0 Å². The molecule has 1 saturated carbocycles. The normalized spacial score (nSPS) is 27.2. The minimum atomic E-state index is 0.683. The third-order valence-electron chi connectivity index (χ3n) is 2.63. The van der Waals surface area contributed by atoms with E-state index in [4.69, 9.17) is 4.74 Å². The van der Waals surface area contributed by atoms with E-state index in [-0.39, 0.29) is 0 Å². The molecule has 78 valence electrons. The van der Waals surface area contributed by atoms with Crippen LogP contribution in [-0.2, 0) is 4.74 Å². The van der Waals surface area contributed by atoms with E-state index in [0.717, 1.165) is 31.0 Å². The molecule has 0 aromatic carbocycles. The van der Waals surface area contributed by atoms with Crippen molar-refractivity contribution in [1.29, 1.82) is 0 Å². The van der Waals surface area contributed by atoms with Gasteiger partial charge in [-0.1, -0.05) is 27.7 Å². The Balaban J connectivity index is 1.95. The molecule has 0 radical (unpaired) electrons. The molecule has 0 amide bonds. The summed E-state index contributed by atoms with van der Waals surface area (Å²) in [6.07, 6.45) is 2.81. The standard InChI is InChI=1S/C12H24O/c1-9(2)5-11-6-12(11)8-13-7-10(3)4/h9-12H,5-8H2,1-4H3/t11-,12+/m1/s1. The lowest BCUT2D eigenvalue weighted by Crippen LogP contribution is -2.05. The van der Waals surface area contributed by atoms with E-state index in [1.807, 2.05) is 0 Å². The van der Waals surface area contributed by atoms with Crippen LogP contribution in [0.25, 0.3) is 0 Å². The molecule has 0 aliphatic heterocycles. The largest absolute Gasteiger partial charge is 0.381 e. The minimum absolute atomic E-state index is 0.683. The van der Waals surface area contributed by atoms with Crippen LogP contribution in [0.1, 0.15) is 40.5 Å². The lowest BCUT2D eigenvalue weighted by molar-refractivity contribution is 0.0974. The van der Waals surface area contributed by atoms with Crippen LogP contribution in [0.2, 0.25) is 0 Å². The quantitative estimate of drug-likeness (QED) is 0.615. The van der Waals surface area contributed by atoms with Crippen molar-refractivity contribution in [1.82, 2.24) is 0 Å². The highest BCUT2D eigenvalue weighted by Gasteiger charge is 2.36. The van der Waals surface area contributed by atoms with Gasteiger partial charge in [-0.15, -0.1) is 0 Å². The van der Waals surface area contributed by atoms with Crippen LogP contribution in [0.3, 0.4) is 0 Å². The van der Waals surface area contributed by atoms with Crippen LogP contribution < -0.4 is 0 Å². The zero-order valence-corrected chi connectivity index (χ0v) is 9.55. The Hall–Kier alpha value is -0.0400. The summed E-state index contributed by atoms with van der Waals surface area (Å²) >= 11 is 0. The maximum atomic E-state index is 5.63. The van der Waals surface area contributed by atoms with Gasteiger partial charge in [0.25, 0.3) is 0 Å². The van der Waals surface area contributed by atoms with Gasteiger partial charge < -0.3 is 4.74 Å². The summed E-state index contributed by atoms with van der Waals surface area (Å²) in [5.74, 6) is 3.41. The molecule has 0 bridgehead atoms. The van der Waals surface area contributed by atoms with Crippen LogP contribution in [-0.4, -0.2) is 13.2 Å². The average molecular weight is 184 g/mol. The van der Waals surface area contributed by atoms with E-state index in [0.29, 0.717) is 5.92 Å². The van der Waals surface area contributed by atoms with Crippen molar-refractivity contribution < 1.29 is 4.74 Å². The maximum Gasteiger partial charge on any atom is 0.0497 e. The first-order chi connectivity index (χ1) is 6.09. The summed E-state index contributed by atoms with van der Waals surface area (Å²) in [5, 5.41) is 0. The summed E-state index contributed by atoms with van der Waals surface area (Å²) in [4.78, 5) is 0. The van der Waals surface area contributed by atoms with Crippen LogP contribution in [0, 0.1) is 23.7 Å². The monoisotopic (exact) mass is 184 g/mol.